The average molecular weight is 303 g/mol. The monoisotopic (exact) mass is 303 g/mol. The second-order valence-electron chi connectivity index (χ2n) is 7.79. The van der Waals surface area contributed by atoms with Gasteiger partial charge in [0.2, 0.25) is 11.7 Å². The van der Waals surface area contributed by atoms with Crippen molar-refractivity contribution >= 4 is 17.4 Å². The summed E-state index contributed by atoms with van der Waals surface area (Å²) in [6.45, 7) is 13.4. The molecule has 22 heavy (non-hydrogen) atoms. The zero-order valence-electron chi connectivity index (χ0n) is 14.5. The molecule has 0 saturated carbocycles. The molecule has 0 radical (unpaired) electrons. The second-order valence-corrected chi connectivity index (χ2v) is 7.79. The number of ether oxygens (including phenoxy) is 1. The van der Waals surface area contributed by atoms with Gasteiger partial charge in [-0.3, -0.25) is 9.59 Å². The van der Waals surface area contributed by atoms with E-state index in [1.54, 1.807) is 13.8 Å². The van der Waals surface area contributed by atoms with Gasteiger partial charge in [-0.25, -0.2) is 0 Å². The highest BCUT2D eigenvalue weighted by Gasteiger charge is 2.41. The maximum absolute atomic E-state index is 12.5. The number of Topliss-reactive ketones (excluding diaryl/α,β-unsaturated/α-hetero) is 1. The first kappa shape index (κ1) is 16.5. The Labute approximate surface area is 132 Å². The van der Waals surface area contributed by atoms with Crippen molar-refractivity contribution < 1.29 is 14.3 Å². The molecule has 1 N–H and O–H groups in total. The average Bonchev–Trinajstić information content (AvgIpc) is 2.53. The highest BCUT2D eigenvalue weighted by atomic mass is 16.5. The zero-order valence-corrected chi connectivity index (χ0v) is 14.5. The predicted octanol–water partition coefficient (Wildman–Crippen LogP) is 4.03. The van der Waals surface area contributed by atoms with Gasteiger partial charge in [0.25, 0.3) is 0 Å². The Kier molecular flexibility index (Phi) is 3.84. The number of anilines is 1. The smallest absolute Gasteiger partial charge is 0.224 e. The molecule has 0 bridgehead atoms. The Morgan fingerprint density at radius 1 is 1.27 bits per heavy atom. The van der Waals surface area contributed by atoms with E-state index in [1.807, 2.05) is 40.7 Å². The number of carbonyl (C=O) groups excluding carboxylic acids is 2. The van der Waals surface area contributed by atoms with Crippen molar-refractivity contribution in [3.8, 4) is 5.75 Å². The lowest BCUT2D eigenvalue weighted by Crippen LogP contribution is -2.32. The number of hydrogen-bond acceptors (Lipinski definition) is 3. The number of fused-ring (bicyclic) bond motifs is 1. The molecule has 1 aliphatic heterocycles. The minimum atomic E-state index is -0.840. The van der Waals surface area contributed by atoms with Crippen molar-refractivity contribution in [2.24, 2.45) is 5.41 Å². The maximum Gasteiger partial charge on any atom is 0.224 e. The Hall–Kier alpha value is -1.84. The maximum atomic E-state index is 12.5. The van der Waals surface area contributed by atoms with E-state index in [-0.39, 0.29) is 17.1 Å². The molecule has 0 fully saturated rings. The second kappa shape index (κ2) is 5.11. The molecule has 1 aromatic rings. The van der Waals surface area contributed by atoms with Gasteiger partial charge < -0.3 is 10.1 Å². The predicted molar refractivity (Wildman–Crippen MR) is 87.7 cm³/mol. The van der Waals surface area contributed by atoms with Crippen LogP contribution < -0.4 is 10.1 Å². The van der Waals surface area contributed by atoms with E-state index < -0.39 is 5.60 Å². The van der Waals surface area contributed by atoms with Crippen molar-refractivity contribution in [1.29, 1.82) is 0 Å². The van der Waals surface area contributed by atoms with E-state index in [9.17, 15) is 9.59 Å². The van der Waals surface area contributed by atoms with Crippen molar-refractivity contribution in [2.45, 2.75) is 60.5 Å². The summed E-state index contributed by atoms with van der Waals surface area (Å²) in [5.74, 6) is 0.536. The Morgan fingerprint density at radius 3 is 2.41 bits per heavy atom. The summed E-state index contributed by atoms with van der Waals surface area (Å²) in [5.41, 5.74) is 2.08. The third kappa shape index (κ3) is 3.01. The largest absolute Gasteiger partial charge is 0.479 e. The topological polar surface area (TPSA) is 55.4 Å². The molecule has 0 saturated heterocycles. The highest BCUT2D eigenvalue weighted by molar-refractivity contribution is 6.10. The fourth-order valence-corrected chi connectivity index (χ4v) is 2.79. The first-order valence-corrected chi connectivity index (χ1v) is 7.60. The fraction of sp³-hybridized carbons (Fsp3) is 0.556. The van der Waals surface area contributed by atoms with Gasteiger partial charge in [0, 0.05) is 12.1 Å². The third-order valence-corrected chi connectivity index (χ3v) is 3.83. The first-order chi connectivity index (χ1) is 9.92. The number of hydrogen-bond donors (Lipinski definition) is 1. The van der Waals surface area contributed by atoms with Crippen LogP contribution in [0.15, 0.2) is 6.07 Å². The van der Waals surface area contributed by atoms with E-state index in [0.29, 0.717) is 17.7 Å². The van der Waals surface area contributed by atoms with Crippen molar-refractivity contribution in [3.05, 3.63) is 22.8 Å². The summed E-state index contributed by atoms with van der Waals surface area (Å²) in [7, 11) is 0. The number of rotatable bonds is 2. The molecular weight excluding hydrogens is 278 g/mol. The Balaban J connectivity index is 2.39. The van der Waals surface area contributed by atoms with Crippen LogP contribution in [-0.4, -0.2) is 17.3 Å². The molecule has 0 aliphatic carbocycles. The lowest BCUT2D eigenvalue weighted by Gasteiger charge is -2.19. The summed E-state index contributed by atoms with van der Waals surface area (Å²) >= 11 is 0. The highest BCUT2D eigenvalue weighted by Crippen LogP contribution is 2.41. The van der Waals surface area contributed by atoms with Crippen LogP contribution in [-0.2, 0) is 4.79 Å². The lowest BCUT2D eigenvalue weighted by atomic mass is 9.91. The normalized spacial score (nSPS) is 16.2. The van der Waals surface area contributed by atoms with Crippen LogP contribution in [0.3, 0.4) is 0 Å². The summed E-state index contributed by atoms with van der Waals surface area (Å²) < 4.78 is 5.75. The molecule has 1 amide bonds. The SMILES string of the molecule is Cc1cc2c(c(C)c1NC(=O)CC(C)(C)C)C(=O)C(C)(C)O2. The van der Waals surface area contributed by atoms with Crippen LogP contribution in [0.5, 0.6) is 5.75 Å². The number of nitrogens with one attached hydrogen (secondary N) is 1. The van der Waals surface area contributed by atoms with Crippen LogP contribution in [0.4, 0.5) is 5.69 Å². The number of ketones is 1. The molecular formula is C18H25NO3. The van der Waals surface area contributed by atoms with E-state index in [0.717, 1.165) is 16.8 Å². The van der Waals surface area contributed by atoms with Gasteiger partial charge in [0.1, 0.15) is 5.75 Å². The molecule has 0 atom stereocenters. The Bertz CT molecular complexity index is 651. The summed E-state index contributed by atoms with van der Waals surface area (Å²) in [4.78, 5) is 24.7. The standard InChI is InChI=1S/C18H25NO3/c1-10-8-12-14(16(21)18(6,7)22-12)11(2)15(10)19-13(20)9-17(3,4)5/h8H,9H2,1-7H3,(H,19,20). The molecule has 1 heterocycles. The van der Waals surface area contributed by atoms with Gasteiger partial charge in [-0.05, 0) is 50.3 Å². The molecule has 120 valence electrons. The minimum Gasteiger partial charge on any atom is -0.479 e. The summed E-state index contributed by atoms with van der Waals surface area (Å²) in [5, 5.41) is 2.97. The fourth-order valence-electron chi connectivity index (χ4n) is 2.79. The Morgan fingerprint density at radius 2 is 1.86 bits per heavy atom. The van der Waals surface area contributed by atoms with E-state index >= 15 is 0 Å². The molecule has 2 rings (SSSR count). The molecule has 1 aliphatic rings. The third-order valence-electron chi connectivity index (χ3n) is 3.83. The van der Waals surface area contributed by atoms with Crippen LogP contribution in [0.2, 0.25) is 0 Å². The number of carbonyl (C=O) groups is 2. The van der Waals surface area contributed by atoms with Crippen molar-refractivity contribution in [2.75, 3.05) is 5.32 Å². The van der Waals surface area contributed by atoms with Gasteiger partial charge in [0.05, 0.1) is 5.56 Å². The molecule has 0 unspecified atom stereocenters. The van der Waals surface area contributed by atoms with E-state index in [2.05, 4.69) is 5.32 Å². The van der Waals surface area contributed by atoms with Crippen LogP contribution in [0, 0.1) is 19.3 Å². The van der Waals surface area contributed by atoms with Gasteiger partial charge >= 0.3 is 0 Å². The lowest BCUT2D eigenvalue weighted by molar-refractivity contribution is -0.117. The minimum absolute atomic E-state index is 0.0358. The quantitative estimate of drug-likeness (QED) is 0.897. The molecule has 4 heteroatoms. The number of amides is 1. The van der Waals surface area contributed by atoms with Crippen molar-refractivity contribution in [3.63, 3.8) is 0 Å². The van der Waals surface area contributed by atoms with Crippen LogP contribution in [0.1, 0.15) is 62.5 Å². The molecule has 4 nitrogen and oxygen atoms in total. The van der Waals surface area contributed by atoms with Gasteiger partial charge in [-0.1, -0.05) is 20.8 Å². The van der Waals surface area contributed by atoms with Gasteiger partial charge in [0.15, 0.2) is 5.60 Å². The van der Waals surface area contributed by atoms with Crippen LogP contribution >= 0.6 is 0 Å². The molecule has 1 aromatic carbocycles. The number of benzene rings is 1. The molecule has 0 spiro atoms. The van der Waals surface area contributed by atoms with Crippen LogP contribution in [0.25, 0.3) is 0 Å². The summed E-state index contributed by atoms with van der Waals surface area (Å²) in [6.07, 6.45) is 0.429. The first-order valence-electron chi connectivity index (χ1n) is 7.60. The van der Waals surface area contributed by atoms with Crippen molar-refractivity contribution in [1.82, 2.24) is 0 Å². The molecule has 0 aromatic heterocycles. The zero-order chi connectivity index (χ0) is 16.9. The summed E-state index contributed by atoms with van der Waals surface area (Å²) in [6, 6.07) is 1.84. The van der Waals surface area contributed by atoms with E-state index in [4.69, 9.17) is 4.74 Å². The van der Waals surface area contributed by atoms with Gasteiger partial charge in [-0.2, -0.15) is 0 Å². The number of aryl methyl sites for hydroxylation is 1. The van der Waals surface area contributed by atoms with E-state index in [1.165, 1.54) is 0 Å². The van der Waals surface area contributed by atoms with Gasteiger partial charge in [-0.15, -0.1) is 0 Å².